The number of hydrogen-bond acceptors (Lipinski definition) is 4. The Morgan fingerprint density at radius 2 is 1.94 bits per heavy atom. The number of aromatic nitrogens is 2. The van der Waals surface area contributed by atoms with E-state index in [9.17, 15) is 18.4 Å². The molecular formula is C22H16Cl2F2N4O2. The zero-order chi connectivity index (χ0) is 23.0. The standard InChI is InChI=1S/C22H16Cl2F2N4O2/c1-11-19-14(3-2-8-27-19)18-15(9-16(23)29-20(18)24)30(22(11)32)10-17(31)28-13-6-4-12(5-7-13)21(25)26/h2-9,11,21H,10H2,1H3,(H,28,31). The zero-order valence-corrected chi connectivity index (χ0v) is 18.2. The molecule has 3 heterocycles. The van der Waals surface area contributed by atoms with Crippen LogP contribution in [0, 0.1) is 0 Å². The van der Waals surface area contributed by atoms with Crippen molar-refractivity contribution in [2.45, 2.75) is 19.3 Å². The highest BCUT2D eigenvalue weighted by Crippen LogP contribution is 2.44. The zero-order valence-electron chi connectivity index (χ0n) is 16.7. The molecule has 3 aromatic rings. The Balaban J connectivity index is 1.69. The Morgan fingerprint density at radius 1 is 1.22 bits per heavy atom. The van der Waals surface area contributed by atoms with Crippen molar-refractivity contribution in [2.24, 2.45) is 0 Å². The van der Waals surface area contributed by atoms with Crippen molar-refractivity contribution in [3.8, 4) is 11.1 Å². The third-order valence-corrected chi connectivity index (χ3v) is 5.58. The number of pyridine rings is 2. The van der Waals surface area contributed by atoms with E-state index in [0.29, 0.717) is 28.2 Å². The van der Waals surface area contributed by atoms with E-state index in [1.54, 1.807) is 25.3 Å². The molecule has 1 aliphatic heterocycles. The summed E-state index contributed by atoms with van der Waals surface area (Å²) in [5.41, 5.74) is 2.09. The number of nitrogens with one attached hydrogen (secondary N) is 1. The lowest BCUT2D eigenvalue weighted by Gasteiger charge is -2.24. The first kappa shape index (κ1) is 22.1. The molecule has 1 aromatic carbocycles. The van der Waals surface area contributed by atoms with Gasteiger partial charge in [-0.3, -0.25) is 14.6 Å². The van der Waals surface area contributed by atoms with Crippen molar-refractivity contribution in [2.75, 3.05) is 16.8 Å². The van der Waals surface area contributed by atoms with Gasteiger partial charge in [0, 0.05) is 34.6 Å². The van der Waals surface area contributed by atoms with Gasteiger partial charge in [-0.05, 0) is 25.1 Å². The molecule has 164 valence electrons. The lowest BCUT2D eigenvalue weighted by atomic mass is 9.98. The van der Waals surface area contributed by atoms with E-state index in [2.05, 4.69) is 15.3 Å². The third kappa shape index (κ3) is 4.16. The molecule has 4 rings (SSSR count). The number of benzene rings is 1. The first-order chi connectivity index (χ1) is 15.3. The summed E-state index contributed by atoms with van der Waals surface area (Å²) in [7, 11) is 0. The minimum absolute atomic E-state index is 0.0644. The molecule has 1 atom stereocenters. The van der Waals surface area contributed by atoms with Gasteiger partial charge >= 0.3 is 0 Å². The fourth-order valence-electron chi connectivity index (χ4n) is 3.60. The normalized spacial score (nSPS) is 15.2. The number of carbonyl (C=O) groups excluding carboxylic acids is 2. The molecule has 0 radical (unpaired) electrons. The van der Waals surface area contributed by atoms with Crippen molar-refractivity contribution in [1.29, 1.82) is 0 Å². The molecule has 1 N–H and O–H groups in total. The highest BCUT2D eigenvalue weighted by Gasteiger charge is 2.35. The number of halogens is 4. The maximum atomic E-state index is 13.3. The van der Waals surface area contributed by atoms with Crippen LogP contribution in [0.1, 0.15) is 30.5 Å². The average Bonchev–Trinajstić information content (AvgIpc) is 2.84. The smallest absolute Gasteiger partial charge is 0.263 e. The van der Waals surface area contributed by atoms with Gasteiger partial charge in [0.05, 0.1) is 17.3 Å². The minimum atomic E-state index is -2.61. The van der Waals surface area contributed by atoms with E-state index in [1.807, 2.05) is 0 Å². The van der Waals surface area contributed by atoms with E-state index in [0.717, 1.165) is 0 Å². The van der Waals surface area contributed by atoms with E-state index in [1.165, 1.54) is 35.2 Å². The third-order valence-electron chi connectivity index (χ3n) is 5.12. The van der Waals surface area contributed by atoms with Crippen LogP contribution in [0.3, 0.4) is 0 Å². The fourth-order valence-corrected chi connectivity index (χ4v) is 4.12. The molecule has 0 fully saturated rings. The van der Waals surface area contributed by atoms with Crippen LogP contribution < -0.4 is 10.2 Å². The molecule has 0 aliphatic carbocycles. The molecule has 1 aliphatic rings. The Morgan fingerprint density at radius 3 is 2.62 bits per heavy atom. The lowest BCUT2D eigenvalue weighted by Crippen LogP contribution is -2.40. The molecular weight excluding hydrogens is 461 g/mol. The lowest BCUT2D eigenvalue weighted by molar-refractivity contribution is -0.122. The van der Waals surface area contributed by atoms with Crippen LogP contribution in [0.4, 0.5) is 20.2 Å². The Bertz CT molecular complexity index is 1210. The molecule has 2 aromatic heterocycles. The van der Waals surface area contributed by atoms with Crippen LogP contribution in [0.2, 0.25) is 10.3 Å². The molecule has 32 heavy (non-hydrogen) atoms. The van der Waals surface area contributed by atoms with Gasteiger partial charge in [0.2, 0.25) is 11.8 Å². The number of hydrogen-bond donors (Lipinski definition) is 1. The number of anilines is 2. The van der Waals surface area contributed by atoms with Crippen LogP contribution in [-0.4, -0.2) is 28.3 Å². The van der Waals surface area contributed by atoms with E-state index < -0.39 is 18.3 Å². The molecule has 0 saturated carbocycles. The Kier molecular flexibility index (Phi) is 6.08. The SMILES string of the molecule is CC1C(=O)N(CC(=O)Nc2ccc(C(F)F)cc2)c2cc(Cl)nc(Cl)c2-c2cccnc21. The van der Waals surface area contributed by atoms with Gasteiger partial charge in [0.1, 0.15) is 16.9 Å². The van der Waals surface area contributed by atoms with Gasteiger partial charge in [-0.1, -0.05) is 41.4 Å². The van der Waals surface area contributed by atoms with Gasteiger partial charge < -0.3 is 10.2 Å². The average molecular weight is 477 g/mol. The first-order valence-electron chi connectivity index (χ1n) is 9.57. The number of nitrogens with zero attached hydrogens (tertiary/aromatic N) is 3. The predicted octanol–water partition coefficient (Wildman–Crippen LogP) is 5.48. The summed E-state index contributed by atoms with van der Waals surface area (Å²) in [6.07, 6.45) is -1.03. The van der Waals surface area contributed by atoms with Gasteiger partial charge in [0.15, 0.2) is 0 Å². The number of alkyl halides is 2. The summed E-state index contributed by atoms with van der Waals surface area (Å²) in [4.78, 5) is 35.8. The monoisotopic (exact) mass is 476 g/mol. The number of fused-ring (bicyclic) bond motifs is 3. The van der Waals surface area contributed by atoms with Crippen molar-refractivity contribution < 1.29 is 18.4 Å². The van der Waals surface area contributed by atoms with Crippen LogP contribution in [0.5, 0.6) is 0 Å². The van der Waals surface area contributed by atoms with E-state index >= 15 is 0 Å². The topological polar surface area (TPSA) is 75.2 Å². The minimum Gasteiger partial charge on any atom is -0.325 e. The maximum Gasteiger partial charge on any atom is 0.263 e. The highest BCUT2D eigenvalue weighted by molar-refractivity contribution is 6.35. The van der Waals surface area contributed by atoms with Gasteiger partial charge in [0.25, 0.3) is 6.43 Å². The van der Waals surface area contributed by atoms with Crippen LogP contribution in [-0.2, 0) is 9.59 Å². The highest BCUT2D eigenvalue weighted by atomic mass is 35.5. The number of amides is 2. The molecule has 2 amide bonds. The van der Waals surface area contributed by atoms with Gasteiger partial charge in [-0.15, -0.1) is 0 Å². The molecule has 1 unspecified atom stereocenters. The molecule has 0 spiro atoms. The number of rotatable bonds is 4. The maximum absolute atomic E-state index is 13.3. The largest absolute Gasteiger partial charge is 0.325 e. The molecule has 6 nitrogen and oxygen atoms in total. The van der Waals surface area contributed by atoms with Crippen molar-refractivity contribution in [3.63, 3.8) is 0 Å². The Labute approximate surface area is 192 Å². The summed E-state index contributed by atoms with van der Waals surface area (Å²) < 4.78 is 25.5. The molecule has 0 bridgehead atoms. The van der Waals surface area contributed by atoms with Gasteiger partial charge in [-0.2, -0.15) is 0 Å². The second-order valence-corrected chi connectivity index (χ2v) is 7.93. The number of carbonyl (C=O) groups is 2. The quantitative estimate of drug-likeness (QED) is 0.506. The first-order valence-corrected chi connectivity index (χ1v) is 10.3. The van der Waals surface area contributed by atoms with E-state index in [4.69, 9.17) is 23.2 Å². The second-order valence-electron chi connectivity index (χ2n) is 7.18. The van der Waals surface area contributed by atoms with Crippen LogP contribution >= 0.6 is 23.2 Å². The van der Waals surface area contributed by atoms with Crippen molar-refractivity contribution in [1.82, 2.24) is 9.97 Å². The van der Waals surface area contributed by atoms with Crippen LogP contribution in [0.25, 0.3) is 11.1 Å². The summed E-state index contributed by atoms with van der Waals surface area (Å²) in [5, 5.41) is 2.76. The summed E-state index contributed by atoms with van der Waals surface area (Å²) in [6, 6.07) is 10.2. The van der Waals surface area contributed by atoms with Crippen LogP contribution in [0.15, 0.2) is 48.7 Å². The fraction of sp³-hybridized carbons (Fsp3) is 0.182. The molecule has 10 heteroatoms. The van der Waals surface area contributed by atoms with Crippen molar-refractivity contribution in [3.05, 3.63) is 70.2 Å². The Hall–Kier alpha value is -3.10. The van der Waals surface area contributed by atoms with E-state index in [-0.39, 0.29) is 28.3 Å². The van der Waals surface area contributed by atoms with Gasteiger partial charge in [-0.25, -0.2) is 13.8 Å². The van der Waals surface area contributed by atoms with Crippen molar-refractivity contribution >= 4 is 46.4 Å². The molecule has 0 saturated heterocycles. The second kappa shape index (κ2) is 8.80. The summed E-state index contributed by atoms with van der Waals surface area (Å²) >= 11 is 12.5. The summed E-state index contributed by atoms with van der Waals surface area (Å²) in [5.74, 6) is -1.55. The summed E-state index contributed by atoms with van der Waals surface area (Å²) in [6.45, 7) is 1.34. The predicted molar refractivity (Wildman–Crippen MR) is 118 cm³/mol.